The molecule has 0 spiro atoms. The number of nitrogens with zero attached hydrogens (tertiary/aromatic N) is 6. The second kappa shape index (κ2) is 9.03. The molecule has 1 aliphatic rings. The van der Waals surface area contributed by atoms with E-state index >= 15 is 0 Å². The molecule has 33 heavy (non-hydrogen) atoms. The van der Waals surface area contributed by atoms with E-state index in [2.05, 4.69) is 21.4 Å². The van der Waals surface area contributed by atoms with Crippen molar-refractivity contribution in [3.05, 3.63) is 42.7 Å². The number of fused-ring (bicyclic) bond motifs is 1. The van der Waals surface area contributed by atoms with Gasteiger partial charge in [-0.1, -0.05) is 0 Å². The largest absolute Gasteiger partial charge is 0.493 e. The minimum atomic E-state index is 0.612. The van der Waals surface area contributed by atoms with Crippen LogP contribution in [0.3, 0.4) is 0 Å². The van der Waals surface area contributed by atoms with Gasteiger partial charge in [0.1, 0.15) is 5.82 Å². The Bertz CT molecular complexity index is 1270. The average Bonchev–Trinajstić information content (AvgIpc) is 3.27. The molecule has 170 valence electrons. The van der Waals surface area contributed by atoms with Crippen LogP contribution in [0.2, 0.25) is 0 Å². The van der Waals surface area contributed by atoms with Gasteiger partial charge in [0.05, 0.1) is 27.4 Å². The lowest BCUT2D eigenvalue weighted by Gasteiger charge is -2.28. The first-order chi connectivity index (χ1) is 16.2. The number of aryl methyl sites for hydroxylation is 1. The van der Waals surface area contributed by atoms with Crippen LogP contribution in [-0.2, 0) is 11.3 Å². The number of hydrogen-bond donors (Lipinski definition) is 0. The fourth-order valence-electron chi connectivity index (χ4n) is 4.11. The van der Waals surface area contributed by atoms with E-state index in [1.165, 1.54) is 0 Å². The molecule has 3 aromatic heterocycles. The maximum Gasteiger partial charge on any atom is 0.166 e. The van der Waals surface area contributed by atoms with Crippen LogP contribution in [0.1, 0.15) is 6.92 Å². The predicted octanol–water partition coefficient (Wildman–Crippen LogP) is 3.43. The van der Waals surface area contributed by atoms with Crippen LogP contribution in [0, 0.1) is 0 Å². The van der Waals surface area contributed by atoms with Gasteiger partial charge in [0, 0.05) is 43.2 Å². The summed E-state index contributed by atoms with van der Waals surface area (Å²) in [5, 5.41) is 0. The van der Waals surface area contributed by atoms with Gasteiger partial charge in [-0.2, -0.15) is 0 Å². The Labute approximate surface area is 192 Å². The fraction of sp³-hybridized carbons (Fsp3) is 0.333. The van der Waals surface area contributed by atoms with Gasteiger partial charge in [-0.3, -0.25) is 4.98 Å². The maximum absolute atomic E-state index is 5.58. The number of methoxy groups -OCH3 is 2. The van der Waals surface area contributed by atoms with Gasteiger partial charge < -0.3 is 23.7 Å². The molecule has 0 radical (unpaired) electrons. The summed E-state index contributed by atoms with van der Waals surface area (Å²) in [5.41, 5.74) is 3.42. The molecule has 1 fully saturated rings. The highest BCUT2D eigenvalue weighted by Gasteiger charge is 2.24. The number of ether oxygens (including phenoxy) is 3. The topological polar surface area (TPSA) is 87.4 Å². The van der Waals surface area contributed by atoms with Gasteiger partial charge in [-0.15, -0.1) is 0 Å². The molecule has 0 atom stereocenters. The number of morpholine rings is 1. The van der Waals surface area contributed by atoms with Gasteiger partial charge in [0.25, 0.3) is 0 Å². The lowest BCUT2D eigenvalue weighted by molar-refractivity contribution is 0.122. The molecular weight excluding hydrogens is 420 g/mol. The molecule has 4 aromatic rings. The Morgan fingerprint density at radius 3 is 2.36 bits per heavy atom. The highest BCUT2D eigenvalue weighted by Crippen LogP contribution is 2.35. The molecule has 9 heteroatoms. The summed E-state index contributed by atoms with van der Waals surface area (Å²) in [5.74, 6) is 3.57. The molecule has 0 saturated carbocycles. The van der Waals surface area contributed by atoms with E-state index in [1.54, 1.807) is 26.6 Å². The van der Waals surface area contributed by atoms with Crippen LogP contribution in [0.5, 0.6) is 11.5 Å². The number of benzene rings is 1. The molecule has 0 unspecified atom stereocenters. The molecule has 0 bridgehead atoms. The third kappa shape index (κ3) is 3.84. The minimum Gasteiger partial charge on any atom is -0.493 e. The quantitative estimate of drug-likeness (QED) is 0.445. The summed E-state index contributed by atoms with van der Waals surface area (Å²) in [6.07, 6.45) is 3.55. The van der Waals surface area contributed by atoms with Crippen molar-refractivity contribution in [2.24, 2.45) is 0 Å². The molecule has 4 heterocycles. The van der Waals surface area contributed by atoms with Gasteiger partial charge >= 0.3 is 0 Å². The van der Waals surface area contributed by atoms with E-state index in [4.69, 9.17) is 29.2 Å². The lowest BCUT2D eigenvalue weighted by atomic mass is 10.2. The summed E-state index contributed by atoms with van der Waals surface area (Å²) in [6, 6.07) is 9.64. The van der Waals surface area contributed by atoms with Gasteiger partial charge in [-0.25, -0.2) is 15.0 Å². The van der Waals surface area contributed by atoms with E-state index in [0.29, 0.717) is 30.5 Å². The molecule has 1 aromatic carbocycles. The first-order valence-corrected chi connectivity index (χ1v) is 11.0. The van der Waals surface area contributed by atoms with Crippen LogP contribution >= 0.6 is 0 Å². The molecule has 0 aliphatic carbocycles. The van der Waals surface area contributed by atoms with E-state index in [1.807, 2.05) is 30.3 Å². The smallest absolute Gasteiger partial charge is 0.166 e. The van der Waals surface area contributed by atoms with Crippen molar-refractivity contribution in [2.45, 2.75) is 13.5 Å². The lowest BCUT2D eigenvalue weighted by Crippen LogP contribution is -2.37. The van der Waals surface area contributed by atoms with Crippen LogP contribution in [0.25, 0.3) is 33.9 Å². The SMILES string of the molecule is CCn1c(-c2ccncc2)nc2c(N3CCOCC3)nc(-c3ccc(OC)c(OC)c3)nc21. The molecule has 0 amide bonds. The van der Waals surface area contributed by atoms with Gasteiger partial charge in [0.15, 0.2) is 34.3 Å². The van der Waals surface area contributed by atoms with Crippen LogP contribution in [-0.4, -0.2) is 65.0 Å². The maximum atomic E-state index is 5.58. The summed E-state index contributed by atoms with van der Waals surface area (Å²) >= 11 is 0. The molecule has 5 rings (SSSR count). The van der Waals surface area contributed by atoms with Crippen LogP contribution in [0.4, 0.5) is 5.82 Å². The van der Waals surface area contributed by atoms with Crippen molar-refractivity contribution < 1.29 is 14.2 Å². The summed E-state index contributed by atoms with van der Waals surface area (Å²) in [4.78, 5) is 21.3. The second-order valence-electron chi connectivity index (χ2n) is 7.63. The number of pyridine rings is 1. The number of aromatic nitrogens is 5. The van der Waals surface area contributed by atoms with Crippen molar-refractivity contribution in [3.63, 3.8) is 0 Å². The summed E-state index contributed by atoms with van der Waals surface area (Å²) in [7, 11) is 3.25. The van der Waals surface area contributed by atoms with Gasteiger partial charge in [0.2, 0.25) is 0 Å². The number of anilines is 1. The van der Waals surface area contributed by atoms with E-state index in [9.17, 15) is 0 Å². The average molecular weight is 447 g/mol. The van der Waals surface area contributed by atoms with Crippen molar-refractivity contribution in [1.29, 1.82) is 0 Å². The van der Waals surface area contributed by atoms with Crippen molar-refractivity contribution >= 4 is 17.0 Å². The zero-order valence-corrected chi connectivity index (χ0v) is 19.0. The molecule has 1 saturated heterocycles. The summed E-state index contributed by atoms with van der Waals surface area (Å²) < 4.78 is 18.6. The molecule has 0 N–H and O–H groups in total. The third-order valence-electron chi connectivity index (χ3n) is 5.78. The van der Waals surface area contributed by atoms with E-state index in [-0.39, 0.29) is 0 Å². The fourth-order valence-corrected chi connectivity index (χ4v) is 4.11. The molecular formula is C24H26N6O3. The monoisotopic (exact) mass is 446 g/mol. The summed E-state index contributed by atoms with van der Waals surface area (Å²) in [6.45, 7) is 5.63. The Hall–Kier alpha value is -3.72. The van der Waals surface area contributed by atoms with Crippen molar-refractivity contribution in [3.8, 4) is 34.3 Å². The van der Waals surface area contributed by atoms with Crippen molar-refractivity contribution in [2.75, 3.05) is 45.4 Å². The zero-order chi connectivity index (χ0) is 22.8. The van der Waals surface area contributed by atoms with Gasteiger partial charge in [-0.05, 0) is 37.3 Å². The predicted molar refractivity (Wildman–Crippen MR) is 126 cm³/mol. The molecule has 9 nitrogen and oxygen atoms in total. The molecule has 1 aliphatic heterocycles. The normalized spacial score (nSPS) is 14.0. The zero-order valence-electron chi connectivity index (χ0n) is 19.0. The number of hydrogen-bond acceptors (Lipinski definition) is 8. The standard InChI is InChI=1S/C24H26N6O3/c1-4-30-22(16-7-9-25-10-8-16)26-20-23(29-11-13-33-14-12-29)27-21(28-24(20)30)17-5-6-18(31-2)19(15-17)32-3/h5-10,15H,4,11-14H2,1-3H3. The van der Waals surface area contributed by atoms with Crippen LogP contribution < -0.4 is 14.4 Å². The Balaban J connectivity index is 1.74. The van der Waals surface area contributed by atoms with E-state index < -0.39 is 0 Å². The highest BCUT2D eigenvalue weighted by molar-refractivity contribution is 5.89. The third-order valence-corrected chi connectivity index (χ3v) is 5.78. The first kappa shape index (κ1) is 21.1. The van der Waals surface area contributed by atoms with Crippen molar-refractivity contribution in [1.82, 2.24) is 24.5 Å². The van der Waals surface area contributed by atoms with E-state index in [0.717, 1.165) is 53.6 Å². The van der Waals surface area contributed by atoms with Crippen LogP contribution in [0.15, 0.2) is 42.7 Å². The second-order valence-corrected chi connectivity index (χ2v) is 7.63. The highest BCUT2D eigenvalue weighted by atomic mass is 16.5. The number of rotatable bonds is 6. The minimum absolute atomic E-state index is 0.612. The first-order valence-electron chi connectivity index (χ1n) is 11.0. The Kier molecular flexibility index (Phi) is 5.78. The Morgan fingerprint density at radius 1 is 0.909 bits per heavy atom. The number of imidazole rings is 1. The Morgan fingerprint density at radius 2 is 1.67 bits per heavy atom.